The number of aromatic nitrogens is 1. The average molecular weight is 119 g/mol. The lowest BCUT2D eigenvalue weighted by Crippen LogP contribution is -1.90. The van der Waals surface area contributed by atoms with Crippen molar-refractivity contribution < 1.29 is 0 Å². The van der Waals surface area contributed by atoms with Gasteiger partial charge in [0.15, 0.2) is 0 Å². The lowest BCUT2D eigenvalue weighted by Gasteiger charge is -1.93. The van der Waals surface area contributed by atoms with Gasteiger partial charge in [-0.3, -0.25) is 4.98 Å². The fourth-order valence-corrected chi connectivity index (χ4v) is 1.08. The maximum absolute atomic E-state index is 3.87. The van der Waals surface area contributed by atoms with E-state index in [2.05, 4.69) is 16.5 Å². The first-order chi connectivity index (χ1) is 4.47. The average Bonchev–Trinajstić information content (AvgIpc) is 2.33. The molecule has 1 aromatic heterocycles. The van der Waals surface area contributed by atoms with Crippen LogP contribution < -0.4 is 5.32 Å². The van der Waals surface area contributed by atoms with Crippen molar-refractivity contribution in [1.29, 1.82) is 0 Å². The fourth-order valence-electron chi connectivity index (χ4n) is 1.08. The number of rotatable bonds is 0. The molecule has 2 heteroatoms. The number of nitrogens with one attached hydrogen (secondary N) is 1. The van der Waals surface area contributed by atoms with Crippen LogP contribution in [0.25, 0.3) is 0 Å². The van der Waals surface area contributed by atoms with Crippen molar-refractivity contribution in [2.45, 2.75) is 6.42 Å². The quantitative estimate of drug-likeness (QED) is 0.547. The molecule has 9 heavy (non-hydrogen) atoms. The van der Waals surface area contributed by atoms with Crippen LogP contribution in [0.2, 0.25) is 0 Å². The van der Waals surface area contributed by atoms with Gasteiger partial charge in [0, 0.05) is 6.54 Å². The fraction of sp³-hybridized carbons (Fsp3) is 0.286. The van der Waals surface area contributed by atoms with E-state index in [1.807, 2.05) is 12.3 Å². The third-order valence-corrected chi connectivity index (χ3v) is 1.56. The molecule has 0 aromatic carbocycles. The maximum Gasteiger partial charge on any atom is 0.0890 e. The Kier molecular flexibility index (Phi) is 0.918. The van der Waals surface area contributed by atoms with Crippen LogP contribution in [0.3, 0.4) is 0 Å². The van der Waals surface area contributed by atoms with Crippen molar-refractivity contribution in [3.05, 3.63) is 24.0 Å². The van der Waals surface area contributed by atoms with Crippen LogP contribution in [0.5, 0.6) is 0 Å². The summed E-state index contributed by atoms with van der Waals surface area (Å²) in [6.45, 7) is 1.05. The third kappa shape index (κ3) is 0.669. The van der Waals surface area contributed by atoms with Crippen LogP contribution in [0, 0.1) is 6.20 Å². The molecule has 0 atom stereocenters. The maximum atomic E-state index is 3.87. The Balaban J connectivity index is 2.54. The van der Waals surface area contributed by atoms with Crippen LogP contribution >= 0.6 is 0 Å². The molecule has 2 heterocycles. The molecular formula is C7H7N2. The van der Waals surface area contributed by atoms with Gasteiger partial charge in [0.1, 0.15) is 0 Å². The van der Waals surface area contributed by atoms with Gasteiger partial charge in [0.05, 0.1) is 18.1 Å². The van der Waals surface area contributed by atoms with Gasteiger partial charge in [-0.2, -0.15) is 0 Å². The number of hydrogen-bond acceptors (Lipinski definition) is 2. The van der Waals surface area contributed by atoms with Crippen LogP contribution in [-0.4, -0.2) is 11.5 Å². The number of nitrogens with zero attached hydrogens (tertiary/aromatic N) is 1. The van der Waals surface area contributed by atoms with E-state index in [1.54, 1.807) is 0 Å². The van der Waals surface area contributed by atoms with E-state index in [1.165, 1.54) is 11.3 Å². The molecule has 1 N–H and O–H groups in total. The highest BCUT2D eigenvalue weighted by molar-refractivity contribution is 5.52. The van der Waals surface area contributed by atoms with E-state index in [-0.39, 0.29) is 0 Å². The standard InChI is InChI=1S/C7H7N2/c1-3-8-5-7-6(1)2-4-9-7/h1,5,9H,2,4H2. The van der Waals surface area contributed by atoms with E-state index in [0.717, 1.165) is 13.0 Å². The van der Waals surface area contributed by atoms with Gasteiger partial charge in [-0.05, 0) is 18.1 Å². The number of anilines is 1. The number of hydrogen-bond donors (Lipinski definition) is 1. The van der Waals surface area contributed by atoms with Crippen molar-refractivity contribution >= 4 is 5.69 Å². The number of fused-ring (bicyclic) bond motifs is 1. The highest BCUT2D eigenvalue weighted by Crippen LogP contribution is 2.18. The monoisotopic (exact) mass is 119 g/mol. The zero-order valence-corrected chi connectivity index (χ0v) is 5.02. The van der Waals surface area contributed by atoms with Gasteiger partial charge < -0.3 is 5.32 Å². The summed E-state index contributed by atoms with van der Waals surface area (Å²) in [6.07, 6.45) is 5.74. The van der Waals surface area contributed by atoms with Crippen molar-refractivity contribution in [3.63, 3.8) is 0 Å². The van der Waals surface area contributed by atoms with Crippen molar-refractivity contribution in [2.75, 3.05) is 11.9 Å². The topological polar surface area (TPSA) is 24.9 Å². The molecule has 0 bridgehead atoms. The molecule has 0 saturated heterocycles. The molecule has 0 saturated carbocycles. The summed E-state index contributed by atoms with van der Waals surface area (Å²) in [5.41, 5.74) is 2.51. The molecular weight excluding hydrogens is 112 g/mol. The molecule has 1 radical (unpaired) electrons. The highest BCUT2D eigenvalue weighted by Gasteiger charge is 2.07. The smallest absolute Gasteiger partial charge is 0.0890 e. The van der Waals surface area contributed by atoms with E-state index in [0.29, 0.717) is 0 Å². The van der Waals surface area contributed by atoms with Crippen molar-refractivity contribution in [3.8, 4) is 0 Å². The first-order valence-corrected chi connectivity index (χ1v) is 3.05. The normalized spacial score (nSPS) is 14.7. The third-order valence-electron chi connectivity index (χ3n) is 1.56. The van der Waals surface area contributed by atoms with Gasteiger partial charge >= 0.3 is 0 Å². The molecule has 1 aromatic rings. The summed E-state index contributed by atoms with van der Waals surface area (Å²) >= 11 is 0. The second-order valence-electron chi connectivity index (χ2n) is 2.15. The van der Waals surface area contributed by atoms with Gasteiger partial charge in [0.2, 0.25) is 0 Å². The molecule has 0 fully saturated rings. The first-order valence-electron chi connectivity index (χ1n) is 3.05. The second-order valence-corrected chi connectivity index (χ2v) is 2.15. The molecule has 0 spiro atoms. The van der Waals surface area contributed by atoms with Crippen molar-refractivity contribution in [1.82, 2.24) is 4.98 Å². The summed E-state index contributed by atoms with van der Waals surface area (Å²) in [6, 6.07) is 1.94. The summed E-state index contributed by atoms with van der Waals surface area (Å²) < 4.78 is 0. The molecule has 1 aliphatic heterocycles. The lowest BCUT2D eigenvalue weighted by atomic mass is 10.2. The van der Waals surface area contributed by atoms with E-state index in [4.69, 9.17) is 0 Å². The predicted molar refractivity (Wildman–Crippen MR) is 35.3 cm³/mol. The molecule has 0 amide bonds. The Labute approximate surface area is 53.9 Å². The summed E-state index contributed by atoms with van der Waals surface area (Å²) in [5.74, 6) is 0. The summed E-state index contributed by atoms with van der Waals surface area (Å²) in [5, 5.41) is 3.22. The lowest BCUT2D eigenvalue weighted by molar-refractivity contribution is 1.10. The van der Waals surface area contributed by atoms with E-state index >= 15 is 0 Å². The van der Waals surface area contributed by atoms with Gasteiger partial charge in [-0.25, -0.2) is 0 Å². The van der Waals surface area contributed by atoms with E-state index in [9.17, 15) is 0 Å². The van der Waals surface area contributed by atoms with Crippen LogP contribution in [-0.2, 0) is 6.42 Å². The second kappa shape index (κ2) is 1.72. The largest absolute Gasteiger partial charge is 0.383 e. The molecule has 2 rings (SSSR count). The molecule has 2 nitrogen and oxygen atoms in total. The minimum Gasteiger partial charge on any atom is -0.383 e. The molecule has 0 unspecified atom stereocenters. The minimum absolute atomic E-state index is 1.05. The van der Waals surface area contributed by atoms with Gasteiger partial charge in [0.25, 0.3) is 0 Å². The molecule has 0 aliphatic carbocycles. The summed E-state index contributed by atoms with van der Waals surface area (Å²) in [7, 11) is 0. The van der Waals surface area contributed by atoms with Gasteiger partial charge in [-0.1, -0.05) is 0 Å². The Morgan fingerprint density at radius 3 is 3.56 bits per heavy atom. The molecule has 1 aliphatic rings. The Bertz CT molecular complexity index is 197. The Hall–Kier alpha value is -1.05. The SMILES string of the molecule is [c]1cc2c(cn1)NCC2. The van der Waals surface area contributed by atoms with Crippen LogP contribution in [0.1, 0.15) is 5.56 Å². The predicted octanol–water partition coefficient (Wildman–Crippen LogP) is 0.850. The Morgan fingerprint density at radius 1 is 1.67 bits per heavy atom. The minimum atomic E-state index is 1.05. The van der Waals surface area contributed by atoms with Crippen LogP contribution in [0.15, 0.2) is 12.3 Å². The van der Waals surface area contributed by atoms with Crippen molar-refractivity contribution in [2.24, 2.45) is 0 Å². The molecule has 45 valence electrons. The zero-order valence-electron chi connectivity index (χ0n) is 5.02. The summed E-state index contributed by atoms with van der Waals surface area (Å²) in [4.78, 5) is 3.87. The number of pyridine rings is 1. The van der Waals surface area contributed by atoms with E-state index < -0.39 is 0 Å². The van der Waals surface area contributed by atoms with Crippen LogP contribution in [0.4, 0.5) is 5.69 Å². The first kappa shape index (κ1) is 4.79. The van der Waals surface area contributed by atoms with Gasteiger partial charge in [-0.15, -0.1) is 0 Å². The Morgan fingerprint density at radius 2 is 2.67 bits per heavy atom. The zero-order chi connectivity index (χ0) is 6.10. The highest BCUT2D eigenvalue weighted by atomic mass is 14.9.